The van der Waals surface area contributed by atoms with Gasteiger partial charge < -0.3 is 9.32 Å². The van der Waals surface area contributed by atoms with Gasteiger partial charge in [-0.2, -0.15) is 0 Å². The summed E-state index contributed by atoms with van der Waals surface area (Å²) in [7, 11) is -3.24. The van der Waals surface area contributed by atoms with E-state index >= 15 is 0 Å². The number of sulfonamides is 1. The van der Waals surface area contributed by atoms with E-state index in [2.05, 4.69) is 4.72 Å². The molecule has 7 heteroatoms. The molecule has 6 nitrogen and oxygen atoms in total. The van der Waals surface area contributed by atoms with Crippen LogP contribution in [0.3, 0.4) is 0 Å². The van der Waals surface area contributed by atoms with Crippen molar-refractivity contribution in [1.29, 1.82) is 0 Å². The van der Waals surface area contributed by atoms with Gasteiger partial charge in [-0.15, -0.1) is 0 Å². The summed E-state index contributed by atoms with van der Waals surface area (Å²) in [6.07, 6.45) is 8.51. The first-order chi connectivity index (χ1) is 9.96. The Kier molecular flexibility index (Phi) is 5.19. The highest BCUT2D eigenvalue weighted by atomic mass is 32.2. The van der Waals surface area contributed by atoms with E-state index in [1.165, 1.54) is 6.08 Å². The van der Waals surface area contributed by atoms with Crippen LogP contribution in [0, 0.1) is 0 Å². The van der Waals surface area contributed by atoms with Gasteiger partial charge in [-0.1, -0.05) is 0 Å². The predicted molar refractivity (Wildman–Crippen MR) is 79.9 cm³/mol. The second-order valence-electron chi connectivity index (χ2n) is 5.15. The van der Waals surface area contributed by atoms with Crippen molar-refractivity contribution < 1.29 is 17.6 Å². The number of amides is 1. The fraction of sp³-hybridized carbons (Fsp3) is 0.500. The quantitative estimate of drug-likeness (QED) is 0.829. The number of hydrogen-bond donors (Lipinski definition) is 1. The molecular formula is C14H20N2O4S. The molecule has 21 heavy (non-hydrogen) atoms. The molecule has 1 saturated heterocycles. The molecular weight excluding hydrogens is 292 g/mol. The van der Waals surface area contributed by atoms with Gasteiger partial charge in [-0.25, -0.2) is 13.1 Å². The van der Waals surface area contributed by atoms with E-state index in [1.807, 2.05) is 0 Å². The van der Waals surface area contributed by atoms with Crippen LogP contribution in [-0.2, 0) is 14.8 Å². The summed E-state index contributed by atoms with van der Waals surface area (Å²) < 4.78 is 30.0. The van der Waals surface area contributed by atoms with E-state index in [0.717, 1.165) is 25.5 Å². The molecule has 0 aromatic carbocycles. The van der Waals surface area contributed by atoms with Gasteiger partial charge in [0.2, 0.25) is 15.9 Å². The van der Waals surface area contributed by atoms with Crippen molar-refractivity contribution in [3.05, 3.63) is 30.2 Å². The summed E-state index contributed by atoms with van der Waals surface area (Å²) in [6, 6.07) is 3.43. The lowest BCUT2D eigenvalue weighted by Crippen LogP contribution is -2.48. The van der Waals surface area contributed by atoms with Crippen molar-refractivity contribution in [3.8, 4) is 0 Å². The molecule has 0 saturated carbocycles. The zero-order chi connectivity index (χ0) is 15.3. The number of likely N-dealkylation sites (tertiary alicyclic amines) is 1. The molecule has 1 aromatic heterocycles. The fourth-order valence-corrected chi connectivity index (χ4v) is 2.88. The normalized spacial score (nSPS) is 20.0. The first-order valence-corrected chi connectivity index (χ1v) is 8.82. The molecule has 0 radical (unpaired) electrons. The summed E-state index contributed by atoms with van der Waals surface area (Å²) in [5, 5.41) is 0. The van der Waals surface area contributed by atoms with Crippen LogP contribution in [0.1, 0.15) is 25.0 Å². The van der Waals surface area contributed by atoms with Gasteiger partial charge in [0.25, 0.3) is 0 Å². The van der Waals surface area contributed by atoms with E-state index in [4.69, 9.17) is 4.42 Å². The molecule has 1 aliphatic rings. The minimum atomic E-state index is -3.24. The Morgan fingerprint density at radius 2 is 2.33 bits per heavy atom. The van der Waals surface area contributed by atoms with E-state index < -0.39 is 10.0 Å². The third-order valence-electron chi connectivity index (χ3n) is 3.42. The highest BCUT2D eigenvalue weighted by molar-refractivity contribution is 7.88. The van der Waals surface area contributed by atoms with E-state index in [0.29, 0.717) is 12.3 Å². The molecule has 1 amide bonds. The Labute approximate surface area is 124 Å². The lowest BCUT2D eigenvalue weighted by atomic mass is 10.0. The Morgan fingerprint density at radius 3 is 3.00 bits per heavy atom. The van der Waals surface area contributed by atoms with Crippen molar-refractivity contribution in [2.45, 2.75) is 25.3 Å². The summed E-state index contributed by atoms with van der Waals surface area (Å²) in [6.45, 7) is 0.913. The zero-order valence-electron chi connectivity index (χ0n) is 12.0. The number of carbonyl (C=O) groups excluding carboxylic acids is 1. The van der Waals surface area contributed by atoms with Crippen LogP contribution in [0.25, 0.3) is 6.08 Å². The highest BCUT2D eigenvalue weighted by Crippen LogP contribution is 2.17. The topological polar surface area (TPSA) is 79.6 Å². The second kappa shape index (κ2) is 6.91. The molecule has 1 N–H and O–H groups in total. The van der Waals surface area contributed by atoms with Crippen molar-refractivity contribution in [2.24, 2.45) is 0 Å². The van der Waals surface area contributed by atoms with Crippen LogP contribution < -0.4 is 4.72 Å². The van der Waals surface area contributed by atoms with Gasteiger partial charge in [-0.3, -0.25) is 4.79 Å². The summed E-state index contributed by atoms with van der Waals surface area (Å²) in [4.78, 5) is 14.0. The number of nitrogens with zero attached hydrogens (tertiary/aromatic N) is 1. The van der Waals surface area contributed by atoms with Crippen molar-refractivity contribution in [1.82, 2.24) is 9.62 Å². The lowest BCUT2D eigenvalue weighted by Gasteiger charge is -2.35. The van der Waals surface area contributed by atoms with Crippen LogP contribution >= 0.6 is 0 Å². The minimum absolute atomic E-state index is 0.0952. The molecule has 1 aliphatic heterocycles. The molecule has 1 atom stereocenters. The Morgan fingerprint density at radius 1 is 1.52 bits per heavy atom. The third-order valence-corrected chi connectivity index (χ3v) is 4.12. The second-order valence-corrected chi connectivity index (χ2v) is 6.98. The predicted octanol–water partition coefficient (Wildman–Crippen LogP) is 1.22. The number of nitrogens with one attached hydrogen (secondary N) is 1. The van der Waals surface area contributed by atoms with Gasteiger partial charge in [0.15, 0.2) is 0 Å². The summed E-state index contributed by atoms with van der Waals surface area (Å²) >= 11 is 0. The number of rotatable bonds is 5. The van der Waals surface area contributed by atoms with Gasteiger partial charge in [0.1, 0.15) is 5.76 Å². The molecule has 2 rings (SSSR count). The number of furan rings is 1. The van der Waals surface area contributed by atoms with Gasteiger partial charge in [-0.05, 0) is 37.5 Å². The SMILES string of the molecule is CS(=O)(=O)NC[C@@H]1CCCCN1C(=O)/C=C/c1ccco1. The lowest BCUT2D eigenvalue weighted by molar-refractivity contribution is -0.129. The molecule has 0 spiro atoms. The molecule has 0 aliphatic carbocycles. The Balaban J connectivity index is 1.98. The van der Waals surface area contributed by atoms with Crippen LogP contribution in [-0.4, -0.2) is 44.6 Å². The largest absolute Gasteiger partial charge is 0.465 e. The maximum Gasteiger partial charge on any atom is 0.246 e. The van der Waals surface area contributed by atoms with Crippen LogP contribution in [0.4, 0.5) is 0 Å². The molecule has 116 valence electrons. The molecule has 1 fully saturated rings. The average molecular weight is 312 g/mol. The van der Waals surface area contributed by atoms with Gasteiger partial charge >= 0.3 is 0 Å². The zero-order valence-corrected chi connectivity index (χ0v) is 12.8. The fourth-order valence-electron chi connectivity index (χ4n) is 2.39. The van der Waals surface area contributed by atoms with E-state index in [9.17, 15) is 13.2 Å². The van der Waals surface area contributed by atoms with Crippen molar-refractivity contribution in [3.63, 3.8) is 0 Å². The maximum absolute atomic E-state index is 12.2. The molecule has 2 heterocycles. The maximum atomic E-state index is 12.2. The molecule has 0 bridgehead atoms. The van der Waals surface area contributed by atoms with Crippen LogP contribution in [0.2, 0.25) is 0 Å². The van der Waals surface area contributed by atoms with Gasteiger partial charge in [0, 0.05) is 25.2 Å². The number of piperidine rings is 1. The third kappa shape index (κ3) is 5.02. The first-order valence-electron chi connectivity index (χ1n) is 6.92. The average Bonchev–Trinajstić information content (AvgIpc) is 2.95. The van der Waals surface area contributed by atoms with E-state index in [-0.39, 0.29) is 18.5 Å². The molecule has 1 aromatic rings. The van der Waals surface area contributed by atoms with E-state index in [1.54, 1.807) is 29.4 Å². The summed E-state index contributed by atoms with van der Waals surface area (Å²) in [5.41, 5.74) is 0. The Hall–Kier alpha value is -1.60. The standard InChI is InChI=1S/C14H20N2O4S/c1-21(18,19)15-11-12-5-2-3-9-16(12)14(17)8-7-13-6-4-10-20-13/h4,6-8,10,12,15H,2-3,5,9,11H2,1H3/b8-7+/t12-/m0/s1. The Bertz CT molecular complexity index is 593. The monoisotopic (exact) mass is 312 g/mol. The highest BCUT2D eigenvalue weighted by Gasteiger charge is 2.25. The van der Waals surface area contributed by atoms with Gasteiger partial charge in [0.05, 0.1) is 12.5 Å². The minimum Gasteiger partial charge on any atom is -0.465 e. The number of carbonyl (C=O) groups is 1. The molecule has 0 unspecified atom stereocenters. The van der Waals surface area contributed by atoms with Crippen molar-refractivity contribution in [2.75, 3.05) is 19.3 Å². The first kappa shape index (κ1) is 15.8. The number of hydrogen-bond acceptors (Lipinski definition) is 4. The summed E-state index contributed by atoms with van der Waals surface area (Å²) in [5.74, 6) is 0.498. The smallest absolute Gasteiger partial charge is 0.246 e. The van der Waals surface area contributed by atoms with Crippen LogP contribution in [0.5, 0.6) is 0 Å². The van der Waals surface area contributed by atoms with Crippen molar-refractivity contribution >= 4 is 22.0 Å². The van der Waals surface area contributed by atoms with Crippen LogP contribution in [0.15, 0.2) is 28.9 Å².